The van der Waals surface area contributed by atoms with Gasteiger partial charge >= 0.3 is 0 Å². The van der Waals surface area contributed by atoms with Crippen LogP contribution in [0.3, 0.4) is 0 Å². The van der Waals surface area contributed by atoms with Crippen LogP contribution in [0, 0.1) is 0 Å². The molecule has 4 unspecified atom stereocenters. The summed E-state index contributed by atoms with van der Waals surface area (Å²) in [6.07, 6.45) is 3.70. The van der Waals surface area contributed by atoms with Crippen LogP contribution in [0.2, 0.25) is 0 Å². The van der Waals surface area contributed by atoms with Gasteiger partial charge in [-0.2, -0.15) is 11.8 Å². The lowest BCUT2D eigenvalue weighted by molar-refractivity contribution is -0.123. The lowest BCUT2D eigenvalue weighted by Gasteiger charge is -2.22. The fraction of sp³-hybridized carbons (Fsp3) is 0.917. The second-order valence-corrected chi connectivity index (χ2v) is 6.41. The number of nitrogens with one attached hydrogen (secondary N) is 2. The normalized spacial score (nSPS) is 37.3. The molecule has 1 saturated heterocycles. The first-order valence-electron chi connectivity index (χ1n) is 6.54. The first kappa shape index (κ1) is 13.2. The van der Waals surface area contributed by atoms with E-state index in [0.29, 0.717) is 24.3 Å². The smallest absolute Gasteiger partial charge is 0.237 e. The Morgan fingerprint density at radius 1 is 1.53 bits per heavy atom. The molecule has 0 aromatic rings. The molecule has 0 aromatic carbocycles. The number of carbonyl (C=O) groups excluding carboxylic acids is 1. The third-order valence-electron chi connectivity index (χ3n) is 3.59. The van der Waals surface area contributed by atoms with Gasteiger partial charge in [0.1, 0.15) is 0 Å². The van der Waals surface area contributed by atoms with Gasteiger partial charge in [0.05, 0.1) is 12.1 Å². The lowest BCUT2D eigenvalue weighted by Crippen LogP contribution is -2.47. The summed E-state index contributed by atoms with van der Waals surface area (Å²) < 4.78 is 0. The maximum Gasteiger partial charge on any atom is 0.237 e. The zero-order chi connectivity index (χ0) is 12.3. The summed E-state index contributed by atoms with van der Waals surface area (Å²) in [5.74, 6) is 1.17. The van der Waals surface area contributed by atoms with E-state index >= 15 is 0 Å². The fourth-order valence-electron chi connectivity index (χ4n) is 2.70. The van der Waals surface area contributed by atoms with Gasteiger partial charge in [-0.25, -0.2) is 0 Å². The van der Waals surface area contributed by atoms with E-state index in [1.807, 2.05) is 11.8 Å². The Balaban J connectivity index is 1.81. The van der Waals surface area contributed by atoms with Crippen LogP contribution in [0.4, 0.5) is 0 Å². The van der Waals surface area contributed by atoms with Crippen molar-refractivity contribution in [2.45, 2.75) is 56.0 Å². The maximum absolute atomic E-state index is 12.0. The van der Waals surface area contributed by atoms with Crippen LogP contribution >= 0.6 is 11.8 Å². The first-order chi connectivity index (χ1) is 8.20. The van der Waals surface area contributed by atoms with E-state index in [1.165, 1.54) is 12.8 Å². The molecule has 2 rings (SSSR count). The van der Waals surface area contributed by atoms with E-state index in [2.05, 4.69) is 17.6 Å². The highest BCUT2D eigenvalue weighted by Crippen LogP contribution is 2.30. The third-order valence-corrected chi connectivity index (χ3v) is 4.91. The molecule has 98 valence electrons. The third kappa shape index (κ3) is 3.36. The number of aliphatic hydroxyl groups excluding tert-OH is 1. The molecule has 2 aliphatic rings. The standard InChI is InChI=1S/C12H22N2O2S/c1-2-17-11-5-3-4-9(11)14-12(16)10-6-8(15)7-13-10/h8-11,13,15H,2-7H2,1H3,(H,14,16). The highest BCUT2D eigenvalue weighted by Gasteiger charge is 2.33. The number of aliphatic hydroxyl groups is 1. The average molecular weight is 258 g/mol. The second kappa shape index (κ2) is 6.07. The molecule has 0 spiro atoms. The highest BCUT2D eigenvalue weighted by atomic mass is 32.2. The molecule has 1 heterocycles. The van der Waals surface area contributed by atoms with Gasteiger partial charge in [-0.15, -0.1) is 0 Å². The molecule has 0 bridgehead atoms. The molecule has 0 radical (unpaired) electrons. The Morgan fingerprint density at radius 3 is 3.00 bits per heavy atom. The predicted molar refractivity (Wildman–Crippen MR) is 70.1 cm³/mol. The second-order valence-electron chi connectivity index (χ2n) is 4.89. The van der Waals surface area contributed by atoms with Crippen molar-refractivity contribution < 1.29 is 9.90 Å². The van der Waals surface area contributed by atoms with Crippen LogP contribution in [0.25, 0.3) is 0 Å². The van der Waals surface area contributed by atoms with Crippen molar-refractivity contribution in [3.8, 4) is 0 Å². The molecular formula is C12H22N2O2S. The Morgan fingerprint density at radius 2 is 2.35 bits per heavy atom. The molecule has 0 aromatic heterocycles. The summed E-state index contributed by atoms with van der Waals surface area (Å²) in [4.78, 5) is 12.0. The summed E-state index contributed by atoms with van der Waals surface area (Å²) in [5, 5.41) is 16.2. The summed E-state index contributed by atoms with van der Waals surface area (Å²) >= 11 is 1.95. The molecule has 1 aliphatic carbocycles. The van der Waals surface area contributed by atoms with Crippen molar-refractivity contribution >= 4 is 17.7 Å². The number of thioether (sulfide) groups is 1. The van der Waals surface area contributed by atoms with Crippen molar-refractivity contribution in [1.82, 2.24) is 10.6 Å². The van der Waals surface area contributed by atoms with Gasteiger partial charge in [-0.05, 0) is 25.0 Å². The predicted octanol–water partition coefficient (Wildman–Crippen LogP) is 0.500. The maximum atomic E-state index is 12.0. The molecule has 2 fully saturated rings. The van der Waals surface area contributed by atoms with Gasteiger partial charge < -0.3 is 15.7 Å². The van der Waals surface area contributed by atoms with Crippen molar-refractivity contribution in [3.05, 3.63) is 0 Å². The molecule has 1 saturated carbocycles. The van der Waals surface area contributed by atoms with E-state index in [9.17, 15) is 9.90 Å². The molecule has 1 amide bonds. The van der Waals surface area contributed by atoms with Gasteiger partial charge in [0.2, 0.25) is 5.91 Å². The summed E-state index contributed by atoms with van der Waals surface area (Å²) in [6.45, 7) is 2.70. The van der Waals surface area contributed by atoms with Crippen molar-refractivity contribution in [2.75, 3.05) is 12.3 Å². The Hall–Kier alpha value is -0.260. The van der Waals surface area contributed by atoms with Crippen LogP contribution in [0.5, 0.6) is 0 Å². The number of amides is 1. The van der Waals surface area contributed by atoms with Crippen LogP contribution in [-0.2, 0) is 4.79 Å². The number of hydrogen-bond donors (Lipinski definition) is 3. The molecule has 1 aliphatic heterocycles. The topological polar surface area (TPSA) is 61.4 Å². The van der Waals surface area contributed by atoms with Crippen molar-refractivity contribution in [2.24, 2.45) is 0 Å². The van der Waals surface area contributed by atoms with Gasteiger partial charge in [-0.3, -0.25) is 4.79 Å². The van der Waals surface area contributed by atoms with Crippen LogP contribution in [0.1, 0.15) is 32.6 Å². The minimum absolute atomic E-state index is 0.0650. The van der Waals surface area contributed by atoms with Gasteiger partial charge in [0.25, 0.3) is 0 Å². The van der Waals surface area contributed by atoms with Crippen molar-refractivity contribution in [1.29, 1.82) is 0 Å². The van der Waals surface area contributed by atoms with E-state index in [1.54, 1.807) is 0 Å². The number of β-amino-alcohol motifs (C(OH)–C–C–N with tert-alkyl or cyclic N) is 1. The largest absolute Gasteiger partial charge is 0.392 e. The van der Waals surface area contributed by atoms with Gasteiger partial charge in [-0.1, -0.05) is 13.3 Å². The number of hydrogen-bond acceptors (Lipinski definition) is 4. The fourth-order valence-corrected chi connectivity index (χ4v) is 3.90. The average Bonchev–Trinajstić information content (AvgIpc) is 2.89. The summed E-state index contributed by atoms with van der Waals surface area (Å²) in [6, 6.07) is 0.130. The van der Waals surface area contributed by atoms with Crippen LogP contribution in [0.15, 0.2) is 0 Å². The lowest BCUT2D eigenvalue weighted by atomic mass is 10.1. The van der Waals surface area contributed by atoms with E-state index in [-0.39, 0.29) is 18.1 Å². The first-order valence-corrected chi connectivity index (χ1v) is 7.59. The SMILES string of the molecule is CCSC1CCCC1NC(=O)C1CC(O)CN1. The zero-order valence-corrected chi connectivity index (χ0v) is 11.1. The van der Waals surface area contributed by atoms with Crippen LogP contribution in [-0.4, -0.2) is 46.7 Å². The molecule has 5 heteroatoms. The molecular weight excluding hydrogens is 236 g/mol. The Bertz CT molecular complexity index is 275. The summed E-state index contributed by atoms with van der Waals surface area (Å²) in [7, 11) is 0. The molecule has 17 heavy (non-hydrogen) atoms. The number of rotatable bonds is 4. The highest BCUT2D eigenvalue weighted by molar-refractivity contribution is 7.99. The minimum atomic E-state index is -0.366. The van der Waals surface area contributed by atoms with E-state index in [4.69, 9.17) is 0 Å². The Labute approximate surface area is 107 Å². The molecule has 3 N–H and O–H groups in total. The van der Waals surface area contributed by atoms with Gasteiger partial charge in [0.15, 0.2) is 0 Å². The molecule has 4 nitrogen and oxygen atoms in total. The Kier molecular flexibility index (Phi) is 4.70. The quantitative estimate of drug-likeness (QED) is 0.687. The summed E-state index contributed by atoms with van der Waals surface area (Å²) in [5.41, 5.74) is 0. The van der Waals surface area contributed by atoms with E-state index < -0.39 is 0 Å². The minimum Gasteiger partial charge on any atom is -0.392 e. The van der Waals surface area contributed by atoms with Crippen LogP contribution < -0.4 is 10.6 Å². The van der Waals surface area contributed by atoms with Crippen molar-refractivity contribution in [3.63, 3.8) is 0 Å². The van der Waals surface area contributed by atoms with E-state index in [0.717, 1.165) is 12.2 Å². The molecule has 4 atom stereocenters. The zero-order valence-electron chi connectivity index (χ0n) is 10.3. The van der Waals surface area contributed by atoms with Gasteiger partial charge in [0, 0.05) is 17.8 Å². The monoisotopic (exact) mass is 258 g/mol. The number of carbonyl (C=O) groups is 1.